The second-order valence-corrected chi connectivity index (χ2v) is 7.64. The van der Waals surface area contributed by atoms with Crippen LogP contribution in [0.5, 0.6) is 0 Å². The first-order valence-corrected chi connectivity index (χ1v) is 8.21. The molecule has 0 aliphatic heterocycles. The molecule has 0 spiro atoms. The lowest BCUT2D eigenvalue weighted by molar-refractivity contribution is 0.470. The van der Waals surface area contributed by atoms with Gasteiger partial charge in [-0.25, -0.2) is 12.7 Å². The zero-order valence-electron chi connectivity index (χ0n) is 9.98. The van der Waals surface area contributed by atoms with Crippen LogP contribution in [-0.2, 0) is 16.6 Å². The minimum absolute atomic E-state index is 0.449. The third-order valence-electron chi connectivity index (χ3n) is 3.08. The van der Waals surface area contributed by atoms with Crippen LogP contribution in [0.3, 0.4) is 0 Å². The highest BCUT2D eigenvalue weighted by Gasteiger charge is 2.26. The Kier molecular flexibility index (Phi) is 3.61. The van der Waals surface area contributed by atoms with Crippen LogP contribution in [-0.4, -0.2) is 26.0 Å². The van der Waals surface area contributed by atoms with Crippen molar-refractivity contribution in [1.82, 2.24) is 4.31 Å². The van der Waals surface area contributed by atoms with Gasteiger partial charge in [-0.05, 0) is 42.0 Å². The molecule has 0 bridgehead atoms. The highest BCUT2D eigenvalue weighted by molar-refractivity contribution is 9.10. The van der Waals surface area contributed by atoms with Crippen LogP contribution in [0.15, 0.2) is 22.7 Å². The van der Waals surface area contributed by atoms with Crippen molar-refractivity contribution in [3.05, 3.63) is 33.8 Å². The van der Waals surface area contributed by atoms with Gasteiger partial charge < -0.3 is 0 Å². The monoisotopic (exact) mass is 317 g/mol. The molecule has 5 heteroatoms. The van der Waals surface area contributed by atoms with Crippen molar-refractivity contribution >= 4 is 26.0 Å². The Morgan fingerprint density at radius 2 is 2.06 bits per heavy atom. The normalized spacial score (nSPS) is 16.5. The summed E-state index contributed by atoms with van der Waals surface area (Å²) >= 11 is 3.44. The SMILES string of the molecule is CN(Cc1cc(Br)ccc1C1CC1)S(C)(=O)=O. The third-order valence-corrected chi connectivity index (χ3v) is 4.84. The summed E-state index contributed by atoms with van der Waals surface area (Å²) in [7, 11) is -1.50. The molecule has 0 amide bonds. The molecule has 0 radical (unpaired) electrons. The molecule has 1 aromatic carbocycles. The molecule has 1 aromatic rings. The van der Waals surface area contributed by atoms with E-state index in [1.165, 1.54) is 29.0 Å². The van der Waals surface area contributed by atoms with E-state index >= 15 is 0 Å². The van der Waals surface area contributed by atoms with E-state index in [-0.39, 0.29) is 0 Å². The van der Waals surface area contributed by atoms with Gasteiger partial charge in [0.1, 0.15) is 0 Å². The average Bonchev–Trinajstić information content (AvgIpc) is 3.00. The number of nitrogens with zero attached hydrogens (tertiary/aromatic N) is 1. The van der Waals surface area contributed by atoms with E-state index in [1.54, 1.807) is 7.05 Å². The van der Waals surface area contributed by atoms with Crippen molar-refractivity contribution in [3.8, 4) is 0 Å². The Morgan fingerprint density at radius 3 is 2.59 bits per heavy atom. The van der Waals surface area contributed by atoms with Gasteiger partial charge >= 0.3 is 0 Å². The minimum Gasteiger partial charge on any atom is -0.213 e. The smallest absolute Gasteiger partial charge is 0.211 e. The molecular weight excluding hydrogens is 302 g/mol. The number of benzene rings is 1. The lowest BCUT2D eigenvalue weighted by atomic mass is 10.0. The third kappa shape index (κ3) is 3.30. The first-order valence-electron chi connectivity index (χ1n) is 5.57. The molecule has 0 atom stereocenters. The van der Waals surface area contributed by atoms with Crippen LogP contribution in [0.2, 0.25) is 0 Å². The summed E-state index contributed by atoms with van der Waals surface area (Å²) in [5.74, 6) is 0.631. The maximum atomic E-state index is 11.4. The first-order chi connectivity index (χ1) is 7.88. The molecule has 0 unspecified atom stereocenters. The van der Waals surface area contributed by atoms with Crippen molar-refractivity contribution in [3.63, 3.8) is 0 Å². The molecule has 0 aromatic heterocycles. The summed E-state index contributed by atoms with van der Waals surface area (Å²) in [6, 6.07) is 6.15. The maximum Gasteiger partial charge on any atom is 0.211 e. The molecular formula is C12H16BrNO2S. The first kappa shape index (κ1) is 13.1. The van der Waals surface area contributed by atoms with E-state index in [0.717, 1.165) is 10.0 Å². The summed E-state index contributed by atoms with van der Waals surface area (Å²) < 4.78 is 25.3. The molecule has 0 heterocycles. The van der Waals surface area contributed by atoms with E-state index < -0.39 is 10.0 Å². The number of hydrogen-bond acceptors (Lipinski definition) is 2. The predicted octanol–water partition coefficient (Wildman–Crippen LogP) is 2.72. The molecule has 2 rings (SSSR count). The number of rotatable bonds is 4. The van der Waals surface area contributed by atoms with Gasteiger partial charge in [-0.15, -0.1) is 0 Å². The highest BCUT2D eigenvalue weighted by Crippen LogP contribution is 2.42. The van der Waals surface area contributed by atoms with Gasteiger partial charge in [-0.1, -0.05) is 22.0 Å². The second-order valence-electron chi connectivity index (χ2n) is 4.64. The van der Waals surface area contributed by atoms with E-state index in [1.807, 2.05) is 12.1 Å². The van der Waals surface area contributed by atoms with Gasteiger partial charge in [0, 0.05) is 18.1 Å². The standard InChI is InChI=1S/C12H16BrNO2S/c1-14(17(2,15)16)8-10-7-11(13)5-6-12(10)9-3-4-9/h5-7,9H,3-4,8H2,1-2H3. The summed E-state index contributed by atoms with van der Waals surface area (Å²) in [6.07, 6.45) is 3.68. The maximum absolute atomic E-state index is 11.4. The lowest BCUT2D eigenvalue weighted by Crippen LogP contribution is -2.25. The molecule has 1 aliphatic rings. The van der Waals surface area contributed by atoms with Crippen LogP contribution in [0, 0.1) is 0 Å². The Bertz CT molecular complexity index is 523. The van der Waals surface area contributed by atoms with Crippen molar-refractivity contribution < 1.29 is 8.42 Å². The van der Waals surface area contributed by atoms with E-state index in [9.17, 15) is 8.42 Å². The predicted molar refractivity (Wildman–Crippen MR) is 72.4 cm³/mol. The fraction of sp³-hybridized carbons (Fsp3) is 0.500. The van der Waals surface area contributed by atoms with Crippen molar-refractivity contribution in [2.24, 2.45) is 0 Å². The van der Waals surface area contributed by atoms with E-state index in [2.05, 4.69) is 22.0 Å². The largest absolute Gasteiger partial charge is 0.213 e. The summed E-state index contributed by atoms with van der Waals surface area (Å²) in [5.41, 5.74) is 2.40. The van der Waals surface area contributed by atoms with E-state index in [0.29, 0.717) is 12.5 Å². The Morgan fingerprint density at radius 1 is 1.41 bits per heavy atom. The fourth-order valence-corrected chi connectivity index (χ4v) is 2.64. The van der Waals surface area contributed by atoms with Crippen LogP contribution in [0.1, 0.15) is 29.9 Å². The molecule has 17 heavy (non-hydrogen) atoms. The topological polar surface area (TPSA) is 37.4 Å². The van der Waals surface area contributed by atoms with Gasteiger partial charge in [0.25, 0.3) is 0 Å². The van der Waals surface area contributed by atoms with Crippen molar-refractivity contribution in [2.45, 2.75) is 25.3 Å². The zero-order valence-corrected chi connectivity index (χ0v) is 12.4. The molecule has 94 valence electrons. The summed E-state index contributed by atoms with van der Waals surface area (Å²) in [4.78, 5) is 0. The van der Waals surface area contributed by atoms with Gasteiger partial charge in [0.15, 0.2) is 0 Å². The molecule has 0 N–H and O–H groups in total. The number of hydrogen-bond donors (Lipinski definition) is 0. The van der Waals surface area contributed by atoms with Crippen LogP contribution in [0.25, 0.3) is 0 Å². The van der Waals surface area contributed by atoms with Crippen LogP contribution >= 0.6 is 15.9 Å². The second kappa shape index (κ2) is 4.71. The van der Waals surface area contributed by atoms with Gasteiger partial charge in [0.05, 0.1) is 6.26 Å². The van der Waals surface area contributed by atoms with Crippen molar-refractivity contribution in [2.75, 3.05) is 13.3 Å². The molecule has 3 nitrogen and oxygen atoms in total. The van der Waals surface area contributed by atoms with Gasteiger partial charge in [0.2, 0.25) is 10.0 Å². The van der Waals surface area contributed by atoms with Gasteiger partial charge in [-0.2, -0.15) is 0 Å². The fourth-order valence-electron chi connectivity index (χ4n) is 1.86. The number of halogens is 1. The lowest BCUT2D eigenvalue weighted by Gasteiger charge is -2.17. The minimum atomic E-state index is -3.12. The van der Waals surface area contributed by atoms with Gasteiger partial charge in [-0.3, -0.25) is 0 Å². The molecule has 0 saturated heterocycles. The van der Waals surface area contributed by atoms with Crippen LogP contribution in [0.4, 0.5) is 0 Å². The van der Waals surface area contributed by atoms with E-state index in [4.69, 9.17) is 0 Å². The van der Waals surface area contributed by atoms with Crippen LogP contribution < -0.4 is 0 Å². The zero-order chi connectivity index (χ0) is 12.6. The molecule has 1 fully saturated rings. The Balaban J connectivity index is 2.27. The highest BCUT2D eigenvalue weighted by atomic mass is 79.9. The summed E-state index contributed by atoms with van der Waals surface area (Å²) in [5, 5.41) is 0. The number of sulfonamides is 1. The van der Waals surface area contributed by atoms with Crippen molar-refractivity contribution in [1.29, 1.82) is 0 Å². The molecule has 1 saturated carbocycles. The summed E-state index contributed by atoms with van der Waals surface area (Å²) in [6.45, 7) is 0.449. The Labute approximate surface area is 111 Å². The molecule has 1 aliphatic carbocycles. The Hall–Kier alpha value is -0.390. The quantitative estimate of drug-likeness (QED) is 0.856. The average molecular weight is 318 g/mol.